The van der Waals surface area contributed by atoms with Gasteiger partial charge in [-0.15, -0.1) is 0 Å². The number of rotatable bonds is 4. The topological polar surface area (TPSA) is 44.5 Å². The molecule has 2 N–H and O–H groups in total. The molecule has 0 aliphatic rings. The Labute approximate surface area is 96.6 Å². The van der Waals surface area contributed by atoms with Gasteiger partial charge in [0.2, 0.25) is 0 Å². The van der Waals surface area contributed by atoms with Crippen LogP contribution in [0.5, 0.6) is 5.75 Å². The van der Waals surface area contributed by atoms with Crippen molar-refractivity contribution < 1.29 is 9.47 Å². The summed E-state index contributed by atoms with van der Waals surface area (Å²) in [7, 11) is 0. The Morgan fingerprint density at radius 2 is 2.19 bits per heavy atom. The van der Waals surface area contributed by atoms with Gasteiger partial charge in [0.05, 0.1) is 6.54 Å². The Morgan fingerprint density at radius 1 is 1.38 bits per heavy atom. The molecule has 0 aliphatic heterocycles. The lowest BCUT2D eigenvalue weighted by Gasteiger charge is -2.07. The van der Waals surface area contributed by atoms with Crippen molar-refractivity contribution in [1.29, 1.82) is 0 Å². The minimum Gasteiger partial charge on any atom is -0.468 e. The van der Waals surface area contributed by atoms with Crippen LogP contribution in [0.25, 0.3) is 0 Å². The number of ether oxygens (including phenoxy) is 2. The standard InChI is InChI=1S/C13H17NO2/c1-3-15-10-16-13-7-6-12(5-4-8-14)11(2)9-13/h6-7,9H,3,8,10,14H2,1-2H3. The van der Waals surface area contributed by atoms with E-state index in [9.17, 15) is 0 Å². The molecule has 0 saturated carbocycles. The summed E-state index contributed by atoms with van der Waals surface area (Å²) in [5.41, 5.74) is 7.38. The predicted molar refractivity (Wildman–Crippen MR) is 64.2 cm³/mol. The summed E-state index contributed by atoms with van der Waals surface area (Å²) in [5.74, 6) is 6.63. The Bertz CT molecular complexity index is 391. The van der Waals surface area contributed by atoms with E-state index in [2.05, 4.69) is 11.8 Å². The van der Waals surface area contributed by atoms with E-state index in [1.807, 2.05) is 32.0 Å². The fraction of sp³-hybridized carbons (Fsp3) is 0.385. The maximum absolute atomic E-state index is 5.39. The van der Waals surface area contributed by atoms with Crippen LogP contribution in [0.1, 0.15) is 18.1 Å². The van der Waals surface area contributed by atoms with Crippen molar-refractivity contribution in [1.82, 2.24) is 0 Å². The number of hydrogen-bond acceptors (Lipinski definition) is 3. The zero-order valence-electron chi connectivity index (χ0n) is 9.75. The number of aryl methyl sites for hydroxylation is 1. The second kappa shape index (κ2) is 6.89. The van der Waals surface area contributed by atoms with Gasteiger partial charge in [-0.05, 0) is 37.6 Å². The zero-order chi connectivity index (χ0) is 11.8. The molecule has 0 aliphatic carbocycles. The fourth-order valence-corrected chi connectivity index (χ4v) is 1.21. The van der Waals surface area contributed by atoms with Crippen LogP contribution >= 0.6 is 0 Å². The van der Waals surface area contributed by atoms with Crippen molar-refractivity contribution in [3.63, 3.8) is 0 Å². The van der Waals surface area contributed by atoms with Gasteiger partial charge in [0, 0.05) is 12.2 Å². The summed E-state index contributed by atoms with van der Waals surface area (Å²) in [5, 5.41) is 0. The van der Waals surface area contributed by atoms with Crippen molar-refractivity contribution in [3.05, 3.63) is 29.3 Å². The lowest BCUT2D eigenvalue weighted by atomic mass is 10.1. The summed E-state index contributed by atoms with van der Waals surface area (Å²) >= 11 is 0. The van der Waals surface area contributed by atoms with Crippen molar-refractivity contribution in [2.45, 2.75) is 13.8 Å². The lowest BCUT2D eigenvalue weighted by Crippen LogP contribution is -2.02. The van der Waals surface area contributed by atoms with Gasteiger partial charge in [0.15, 0.2) is 6.79 Å². The first kappa shape index (κ1) is 12.6. The second-order valence-corrected chi connectivity index (χ2v) is 3.24. The van der Waals surface area contributed by atoms with Gasteiger partial charge in [-0.3, -0.25) is 0 Å². The molecule has 0 atom stereocenters. The highest BCUT2D eigenvalue weighted by Crippen LogP contribution is 2.16. The van der Waals surface area contributed by atoms with Crippen molar-refractivity contribution >= 4 is 0 Å². The van der Waals surface area contributed by atoms with Crippen LogP contribution < -0.4 is 10.5 Å². The highest BCUT2D eigenvalue weighted by atomic mass is 16.7. The third-order valence-electron chi connectivity index (χ3n) is 2.04. The van der Waals surface area contributed by atoms with Crippen molar-refractivity contribution in [2.24, 2.45) is 5.73 Å². The van der Waals surface area contributed by atoms with E-state index in [1.54, 1.807) is 0 Å². The van der Waals surface area contributed by atoms with Crippen LogP contribution in [0.15, 0.2) is 18.2 Å². The summed E-state index contributed by atoms with van der Waals surface area (Å²) in [6, 6.07) is 5.76. The molecular weight excluding hydrogens is 202 g/mol. The van der Waals surface area contributed by atoms with E-state index >= 15 is 0 Å². The molecule has 0 aromatic heterocycles. The molecule has 1 rings (SSSR count). The summed E-state index contributed by atoms with van der Waals surface area (Å²) in [6.45, 7) is 5.24. The van der Waals surface area contributed by atoms with E-state index in [0.717, 1.165) is 16.9 Å². The molecule has 0 radical (unpaired) electrons. The van der Waals surface area contributed by atoms with Crippen LogP contribution in [0, 0.1) is 18.8 Å². The van der Waals surface area contributed by atoms with Gasteiger partial charge in [-0.1, -0.05) is 11.8 Å². The van der Waals surface area contributed by atoms with E-state index < -0.39 is 0 Å². The smallest absolute Gasteiger partial charge is 0.189 e. The molecule has 0 heterocycles. The minimum absolute atomic E-state index is 0.282. The predicted octanol–water partition coefficient (Wildman–Crippen LogP) is 1.68. The molecule has 0 unspecified atom stereocenters. The van der Waals surface area contributed by atoms with Gasteiger partial charge in [0.25, 0.3) is 0 Å². The molecule has 1 aromatic carbocycles. The number of hydrogen-bond donors (Lipinski definition) is 1. The highest BCUT2D eigenvalue weighted by molar-refractivity contribution is 5.44. The molecule has 0 saturated heterocycles. The van der Waals surface area contributed by atoms with Gasteiger partial charge in [-0.25, -0.2) is 0 Å². The largest absolute Gasteiger partial charge is 0.468 e. The molecule has 3 nitrogen and oxygen atoms in total. The monoisotopic (exact) mass is 219 g/mol. The van der Waals surface area contributed by atoms with Crippen LogP contribution in [-0.2, 0) is 4.74 Å². The first-order valence-corrected chi connectivity index (χ1v) is 5.28. The molecule has 16 heavy (non-hydrogen) atoms. The van der Waals surface area contributed by atoms with Gasteiger partial charge < -0.3 is 15.2 Å². The van der Waals surface area contributed by atoms with Crippen molar-refractivity contribution in [2.75, 3.05) is 19.9 Å². The third kappa shape index (κ3) is 3.93. The third-order valence-corrected chi connectivity index (χ3v) is 2.04. The molecule has 3 heteroatoms. The average molecular weight is 219 g/mol. The van der Waals surface area contributed by atoms with Crippen LogP contribution in [0.4, 0.5) is 0 Å². The SMILES string of the molecule is CCOCOc1ccc(C#CCN)c(C)c1. The number of nitrogens with two attached hydrogens (primary N) is 1. The Kier molecular flexibility index (Phi) is 5.41. The molecular formula is C13H17NO2. The van der Waals surface area contributed by atoms with Gasteiger partial charge >= 0.3 is 0 Å². The summed E-state index contributed by atoms with van der Waals surface area (Å²) < 4.78 is 10.5. The second-order valence-electron chi connectivity index (χ2n) is 3.24. The van der Waals surface area contributed by atoms with E-state index in [-0.39, 0.29) is 6.79 Å². The highest BCUT2D eigenvalue weighted by Gasteiger charge is 1.98. The first-order valence-electron chi connectivity index (χ1n) is 5.28. The maximum Gasteiger partial charge on any atom is 0.189 e. The van der Waals surface area contributed by atoms with Crippen LogP contribution in [0.2, 0.25) is 0 Å². The van der Waals surface area contributed by atoms with Gasteiger partial charge in [-0.2, -0.15) is 0 Å². The lowest BCUT2D eigenvalue weighted by molar-refractivity contribution is 0.0224. The molecule has 86 valence electrons. The molecule has 1 aromatic rings. The van der Waals surface area contributed by atoms with E-state index in [4.69, 9.17) is 15.2 Å². The van der Waals surface area contributed by atoms with Crippen molar-refractivity contribution in [3.8, 4) is 17.6 Å². The zero-order valence-corrected chi connectivity index (χ0v) is 9.75. The quantitative estimate of drug-likeness (QED) is 0.476. The molecule has 0 fully saturated rings. The molecule has 0 amide bonds. The summed E-state index contributed by atoms with van der Waals surface area (Å²) in [4.78, 5) is 0. The normalized spacial score (nSPS) is 9.44. The Balaban J connectivity index is 2.67. The summed E-state index contributed by atoms with van der Waals surface area (Å²) in [6.07, 6.45) is 0. The number of benzene rings is 1. The van der Waals surface area contributed by atoms with Crippen LogP contribution in [-0.4, -0.2) is 19.9 Å². The first-order chi connectivity index (χ1) is 7.77. The Hall–Kier alpha value is -1.50. The average Bonchev–Trinajstić information content (AvgIpc) is 2.28. The maximum atomic E-state index is 5.39. The fourth-order valence-electron chi connectivity index (χ4n) is 1.21. The van der Waals surface area contributed by atoms with E-state index in [1.165, 1.54) is 0 Å². The van der Waals surface area contributed by atoms with E-state index in [0.29, 0.717) is 13.2 Å². The molecule has 0 bridgehead atoms. The Morgan fingerprint density at radius 3 is 2.81 bits per heavy atom. The van der Waals surface area contributed by atoms with Crippen LogP contribution in [0.3, 0.4) is 0 Å². The van der Waals surface area contributed by atoms with Gasteiger partial charge in [0.1, 0.15) is 5.75 Å². The minimum atomic E-state index is 0.282. The molecule has 0 spiro atoms.